The fourth-order valence-corrected chi connectivity index (χ4v) is 5.62. The number of ether oxygens (including phenoxy) is 2. The van der Waals surface area contributed by atoms with Gasteiger partial charge in [-0.15, -0.1) is 0 Å². The average Bonchev–Trinajstić information content (AvgIpc) is 3.10. The molecule has 34 heavy (non-hydrogen) atoms. The van der Waals surface area contributed by atoms with E-state index in [0.29, 0.717) is 54.9 Å². The monoisotopic (exact) mass is 499 g/mol. The standard InChI is InChI=1S/C25H29N3O4S2/c1-4-32-24(30)17-8-10-27(11-9-17)22-19(14-18-7-5-6-16(2)21(18)26-22)15-20-23(29)28(12-13-31-3)25(33)34-20/h5-7,14-15,17H,4,8-13H2,1-3H3/b20-15-. The smallest absolute Gasteiger partial charge is 0.309 e. The third kappa shape index (κ3) is 5.11. The summed E-state index contributed by atoms with van der Waals surface area (Å²) in [6.07, 6.45) is 3.32. The van der Waals surface area contributed by atoms with Crippen LogP contribution in [0.4, 0.5) is 5.82 Å². The van der Waals surface area contributed by atoms with E-state index in [-0.39, 0.29) is 17.8 Å². The molecule has 0 saturated carbocycles. The number of pyridine rings is 1. The molecule has 7 nitrogen and oxygen atoms in total. The molecule has 3 heterocycles. The molecular weight excluding hydrogens is 470 g/mol. The minimum atomic E-state index is -0.121. The second-order valence-electron chi connectivity index (χ2n) is 8.39. The first-order valence-electron chi connectivity index (χ1n) is 11.5. The minimum absolute atomic E-state index is 0.0844. The van der Waals surface area contributed by atoms with E-state index in [9.17, 15) is 9.59 Å². The number of hydrogen-bond acceptors (Lipinski definition) is 8. The van der Waals surface area contributed by atoms with Gasteiger partial charge in [-0.3, -0.25) is 14.5 Å². The highest BCUT2D eigenvalue weighted by molar-refractivity contribution is 8.26. The zero-order valence-electron chi connectivity index (χ0n) is 19.7. The van der Waals surface area contributed by atoms with E-state index in [1.165, 1.54) is 11.8 Å². The molecule has 1 aromatic heterocycles. The number of nitrogens with zero attached hydrogens (tertiary/aromatic N) is 3. The predicted octanol–water partition coefficient (Wildman–Crippen LogP) is 4.17. The van der Waals surface area contributed by atoms with Crippen molar-refractivity contribution in [1.82, 2.24) is 9.88 Å². The maximum Gasteiger partial charge on any atom is 0.309 e. The molecule has 0 radical (unpaired) electrons. The second-order valence-corrected chi connectivity index (χ2v) is 10.1. The number of benzene rings is 1. The van der Waals surface area contributed by atoms with Crippen LogP contribution < -0.4 is 4.90 Å². The fraction of sp³-hybridized carbons (Fsp3) is 0.440. The van der Waals surface area contributed by atoms with E-state index in [1.54, 1.807) is 12.0 Å². The lowest BCUT2D eigenvalue weighted by atomic mass is 9.96. The number of carbonyl (C=O) groups excluding carboxylic acids is 2. The van der Waals surface area contributed by atoms with Gasteiger partial charge >= 0.3 is 5.97 Å². The summed E-state index contributed by atoms with van der Waals surface area (Å²) in [4.78, 5) is 34.6. The van der Waals surface area contributed by atoms with E-state index in [1.807, 2.05) is 38.1 Å². The molecule has 0 bridgehead atoms. The third-order valence-corrected chi connectivity index (χ3v) is 7.53. The van der Waals surface area contributed by atoms with Crippen LogP contribution in [0.1, 0.15) is 30.9 Å². The van der Waals surface area contributed by atoms with Crippen LogP contribution in [0.2, 0.25) is 0 Å². The van der Waals surface area contributed by atoms with Gasteiger partial charge in [0.2, 0.25) is 0 Å². The number of thiocarbonyl (C=S) groups is 1. The predicted molar refractivity (Wildman–Crippen MR) is 140 cm³/mol. The quantitative estimate of drug-likeness (QED) is 0.319. The fourth-order valence-electron chi connectivity index (χ4n) is 4.32. The molecule has 0 atom stereocenters. The Balaban J connectivity index is 1.68. The van der Waals surface area contributed by atoms with Crippen molar-refractivity contribution in [3.8, 4) is 0 Å². The lowest BCUT2D eigenvalue weighted by Crippen LogP contribution is -2.37. The molecule has 0 aliphatic carbocycles. The van der Waals surface area contributed by atoms with E-state index in [0.717, 1.165) is 27.8 Å². The van der Waals surface area contributed by atoms with Crippen molar-refractivity contribution >= 4 is 63.0 Å². The summed E-state index contributed by atoms with van der Waals surface area (Å²) in [5.74, 6) is 0.512. The van der Waals surface area contributed by atoms with Crippen LogP contribution >= 0.6 is 24.0 Å². The maximum atomic E-state index is 13.0. The zero-order valence-corrected chi connectivity index (χ0v) is 21.3. The summed E-state index contributed by atoms with van der Waals surface area (Å²) in [7, 11) is 1.60. The number of thioether (sulfide) groups is 1. The maximum absolute atomic E-state index is 13.0. The number of rotatable bonds is 7. The average molecular weight is 500 g/mol. The normalized spacial score (nSPS) is 18.4. The number of anilines is 1. The highest BCUT2D eigenvalue weighted by Gasteiger charge is 2.33. The van der Waals surface area contributed by atoms with Crippen LogP contribution in [0.5, 0.6) is 0 Å². The molecule has 2 aliphatic rings. The van der Waals surface area contributed by atoms with Crippen molar-refractivity contribution in [2.75, 3.05) is 44.9 Å². The molecule has 180 valence electrons. The highest BCUT2D eigenvalue weighted by atomic mass is 32.2. The zero-order chi connectivity index (χ0) is 24.2. The molecule has 0 spiro atoms. The third-order valence-electron chi connectivity index (χ3n) is 6.15. The van der Waals surface area contributed by atoms with Gasteiger partial charge in [-0.2, -0.15) is 0 Å². The molecule has 9 heteroatoms. The van der Waals surface area contributed by atoms with Gasteiger partial charge in [-0.1, -0.05) is 42.2 Å². The van der Waals surface area contributed by atoms with Gasteiger partial charge < -0.3 is 14.4 Å². The Morgan fingerprint density at radius 3 is 2.79 bits per heavy atom. The SMILES string of the molecule is CCOC(=O)C1CCN(c2nc3c(C)cccc3cc2/C=C2\SC(=S)N(CCOC)C2=O)CC1. The lowest BCUT2D eigenvalue weighted by molar-refractivity contribution is -0.148. The van der Waals surface area contributed by atoms with E-state index >= 15 is 0 Å². The van der Waals surface area contributed by atoms with Crippen molar-refractivity contribution in [1.29, 1.82) is 0 Å². The number of aromatic nitrogens is 1. The molecule has 0 N–H and O–H groups in total. The van der Waals surface area contributed by atoms with Gasteiger partial charge in [0.25, 0.3) is 5.91 Å². The van der Waals surface area contributed by atoms with Crippen molar-refractivity contribution in [3.63, 3.8) is 0 Å². The Kier molecular flexibility index (Phi) is 7.85. The lowest BCUT2D eigenvalue weighted by Gasteiger charge is -2.33. The number of para-hydroxylation sites is 1. The first-order valence-corrected chi connectivity index (χ1v) is 12.7. The van der Waals surface area contributed by atoms with E-state index in [4.69, 9.17) is 26.7 Å². The Hall–Kier alpha value is -2.49. The van der Waals surface area contributed by atoms with Crippen molar-refractivity contribution < 1.29 is 19.1 Å². The van der Waals surface area contributed by atoms with E-state index < -0.39 is 0 Å². The Bertz CT molecular complexity index is 1140. The van der Waals surface area contributed by atoms with Gasteiger partial charge in [-0.05, 0) is 44.4 Å². The summed E-state index contributed by atoms with van der Waals surface area (Å²) in [5.41, 5.74) is 2.91. The van der Waals surface area contributed by atoms with Gasteiger partial charge in [0.15, 0.2) is 0 Å². The Morgan fingerprint density at radius 1 is 1.32 bits per heavy atom. The van der Waals surface area contributed by atoms with Gasteiger partial charge in [0, 0.05) is 31.1 Å². The molecule has 2 aromatic rings. The van der Waals surface area contributed by atoms with Crippen LogP contribution in [0, 0.1) is 12.8 Å². The summed E-state index contributed by atoms with van der Waals surface area (Å²) in [6.45, 7) is 6.54. The van der Waals surface area contributed by atoms with Gasteiger partial charge in [0.05, 0.1) is 36.1 Å². The van der Waals surface area contributed by atoms with Crippen LogP contribution in [0.3, 0.4) is 0 Å². The van der Waals surface area contributed by atoms with Crippen LogP contribution in [-0.4, -0.2) is 66.0 Å². The number of esters is 1. The van der Waals surface area contributed by atoms with Gasteiger partial charge in [0.1, 0.15) is 10.1 Å². The number of piperidine rings is 1. The second kappa shape index (κ2) is 10.8. The number of amides is 1. The number of aryl methyl sites for hydroxylation is 1. The Morgan fingerprint density at radius 2 is 2.09 bits per heavy atom. The molecule has 4 rings (SSSR count). The van der Waals surface area contributed by atoms with Crippen molar-refractivity contribution in [3.05, 3.63) is 40.3 Å². The number of hydrogen-bond donors (Lipinski definition) is 0. The largest absolute Gasteiger partial charge is 0.466 e. The number of methoxy groups -OCH3 is 1. The summed E-state index contributed by atoms with van der Waals surface area (Å²) in [6, 6.07) is 8.18. The molecule has 2 aliphatic heterocycles. The summed E-state index contributed by atoms with van der Waals surface area (Å²) in [5, 5.41) is 1.02. The summed E-state index contributed by atoms with van der Waals surface area (Å²) < 4.78 is 10.9. The highest BCUT2D eigenvalue weighted by Crippen LogP contribution is 2.36. The van der Waals surface area contributed by atoms with Crippen molar-refractivity contribution in [2.24, 2.45) is 5.92 Å². The molecular formula is C25H29N3O4S2. The van der Waals surface area contributed by atoms with Crippen LogP contribution in [-0.2, 0) is 19.1 Å². The number of fused-ring (bicyclic) bond motifs is 1. The van der Waals surface area contributed by atoms with E-state index in [2.05, 4.69) is 11.0 Å². The first kappa shape index (κ1) is 24.6. The molecule has 2 fully saturated rings. The summed E-state index contributed by atoms with van der Waals surface area (Å²) >= 11 is 6.74. The van der Waals surface area contributed by atoms with Gasteiger partial charge in [-0.25, -0.2) is 4.98 Å². The van der Waals surface area contributed by atoms with Crippen molar-refractivity contribution in [2.45, 2.75) is 26.7 Å². The Labute approximate surface area is 209 Å². The topological polar surface area (TPSA) is 72.0 Å². The molecule has 1 aromatic carbocycles. The van der Waals surface area contributed by atoms with Crippen LogP contribution in [0.25, 0.3) is 17.0 Å². The minimum Gasteiger partial charge on any atom is -0.466 e. The first-order chi connectivity index (χ1) is 16.4. The molecule has 1 amide bonds. The molecule has 0 unspecified atom stereocenters. The molecule has 2 saturated heterocycles. The number of carbonyl (C=O) groups is 2. The van der Waals surface area contributed by atoms with Crippen LogP contribution in [0.15, 0.2) is 29.2 Å².